The van der Waals surface area contributed by atoms with Crippen LogP contribution in [0.25, 0.3) is 11.1 Å². The van der Waals surface area contributed by atoms with Crippen molar-refractivity contribution in [1.82, 2.24) is 0 Å². The van der Waals surface area contributed by atoms with Gasteiger partial charge in [0.2, 0.25) is 29.0 Å². The largest absolute Gasteiger partial charge is 0.493 e. The molecule has 5 rings (SSSR count). The number of aliphatic hydroxyl groups excluding tert-OH is 1. The van der Waals surface area contributed by atoms with Crippen molar-refractivity contribution in [2.24, 2.45) is 0 Å². The molecule has 350 valence electrons. The third-order valence-corrected chi connectivity index (χ3v) is 11.1. The molecule has 3 aromatic rings. The van der Waals surface area contributed by atoms with Crippen molar-refractivity contribution in [3.8, 4) is 28.4 Å². The fourth-order valence-electron chi connectivity index (χ4n) is 8.02. The molecule has 0 aliphatic carbocycles. The fraction of sp³-hybridized carbons (Fsp3) is 0.587. The van der Waals surface area contributed by atoms with Crippen molar-refractivity contribution >= 4 is 5.97 Å². The third-order valence-electron chi connectivity index (χ3n) is 11.1. The standard InChI is InChI=1S/C46H56F8O9/c1-6-27-21-29(60-26(4)59-27)23-30-22-28(20-25(3)55)61-33(62-30)15-13-11-9-7-8-10-12-14-18-58-32-19-24(2)16-17-31(32)46(56)63-45-42(53)38(49)35(39(50)43(45)54)34-36(47)40(51)44(57-5)41(52)37(34)48/h16-17,19,25-30,33,55H,6-15,18,20-23H2,1-5H3. The fourth-order valence-corrected chi connectivity index (χ4v) is 8.02. The highest BCUT2D eigenvalue weighted by atomic mass is 19.2. The SMILES string of the molecule is CCC1CC(CC2CC(CC(C)O)OC(CCCCCCCCCCOc3cc(C)ccc3C(=O)Oc3c(F)c(F)c(-c4c(F)c(F)c(OC)c(F)c4F)c(F)c3F)O2)OC(C)O1. The summed E-state index contributed by atoms with van der Waals surface area (Å²) in [6.45, 7) is 7.62. The van der Waals surface area contributed by atoms with E-state index < -0.39 is 81.2 Å². The first-order chi connectivity index (χ1) is 30.0. The van der Waals surface area contributed by atoms with Crippen LogP contribution in [0.4, 0.5) is 35.1 Å². The van der Waals surface area contributed by atoms with Crippen LogP contribution in [0.2, 0.25) is 0 Å². The van der Waals surface area contributed by atoms with Crippen LogP contribution in [0.5, 0.6) is 17.2 Å². The summed E-state index contributed by atoms with van der Waals surface area (Å²) in [5, 5.41) is 10.0. The Morgan fingerprint density at radius 2 is 1.22 bits per heavy atom. The number of benzene rings is 3. The summed E-state index contributed by atoms with van der Waals surface area (Å²) in [7, 11) is 0.655. The van der Waals surface area contributed by atoms with E-state index in [1.807, 2.05) is 6.92 Å². The van der Waals surface area contributed by atoms with Crippen LogP contribution in [-0.4, -0.2) is 67.9 Å². The lowest BCUT2D eigenvalue weighted by atomic mass is 9.96. The smallest absolute Gasteiger partial charge is 0.347 e. The maximum Gasteiger partial charge on any atom is 0.347 e. The molecule has 0 spiro atoms. The van der Waals surface area contributed by atoms with Gasteiger partial charge in [0.25, 0.3) is 0 Å². The van der Waals surface area contributed by atoms with Gasteiger partial charge in [-0.05, 0) is 70.6 Å². The number of methoxy groups -OCH3 is 1. The van der Waals surface area contributed by atoms with E-state index in [-0.39, 0.29) is 54.9 Å². The van der Waals surface area contributed by atoms with Crippen LogP contribution < -0.4 is 14.2 Å². The second-order valence-corrected chi connectivity index (χ2v) is 16.2. The number of aryl methyl sites for hydroxylation is 1. The lowest BCUT2D eigenvalue weighted by Crippen LogP contribution is -2.43. The molecule has 0 aromatic heterocycles. The van der Waals surface area contributed by atoms with E-state index in [2.05, 4.69) is 11.7 Å². The molecule has 2 aliphatic heterocycles. The molecule has 17 heteroatoms. The van der Waals surface area contributed by atoms with Gasteiger partial charge in [-0.2, -0.15) is 17.6 Å². The first kappa shape index (κ1) is 50.0. The molecule has 0 radical (unpaired) electrons. The number of hydrogen-bond donors (Lipinski definition) is 1. The van der Waals surface area contributed by atoms with Crippen molar-refractivity contribution in [3.63, 3.8) is 0 Å². The van der Waals surface area contributed by atoms with Gasteiger partial charge in [0.15, 0.2) is 41.6 Å². The van der Waals surface area contributed by atoms with Crippen LogP contribution in [-0.2, 0) is 18.9 Å². The van der Waals surface area contributed by atoms with Gasteiger partial charge in [-0.15, -0.1) is 0 Å². The Morgan fingerprint density at radius 1 is 0.714 bits per heavy atom. The number of hydrogen-bond acceptors (Lipinski definition) is 9. The summed E-state index contributed by atoms with van der Waals surface area (Å²) in [6.07, 6.45) is 10.8. The molecule has 63 heavy (non-hydrogen) atoms. The van der Waals surface area contributed by atoms with E-state index in [1.54, 1.807) is 13.8 Å². The Hall–Kier alpha value is -4.03. The van der Waals surface area contributed by atoms with Crippen LogP contribution in [0.3, 0.4) is 0 Å². The minimum absolute atomic E-state index is 0.0235. The van der Waals surface area contributed by atoms with Crippen molar-refractivity contribution in [1.29, 1.82) is 0 Å². The van der Waals surface area contributed by atoms with Gasteiger partial charge in [-0.1, -0.05) is 51.5 Å². The number of carbonyl (C=O) groups excluding carboxylic acids is 1. The molecule has 7 unspecified atom stereocenters. The number of rotatable bonds is 21. The van der Waals surface area contributed by atoms with Gasteiger partial charge in [0, 0.05) is 19.3 Å². The van der Waals surface area contributed by atoms with Gasteiger partial charge in [0.05, 0.1) is 55.4 Å². The van der Waals surface area contributed by atoms with E-state index in [9.17, 15) is 27.5 Å². The zero-order valence-corrected chi connectivity index (χ0v) is 36.1. The van der Waals surface area contributed by atoms with Crippen molar-refractivity contribution < 1.29 is 78.2 Å². The number of esters is 1. The summed E-state index contributed by atoms with van der Waals surface area (Å²) in [5.41, 5.74) is -3.92. The molecule has 2 fully saturated rings. The maximum absolute atomic E-state index is 15.1. The molecular weight excluding hydrogens is 848 g/mol. The molecule has 0 amide bonds. The Labute approximate surface area is 362 Å². The molecule has 2 heterocycles. The average Bonchev–Trinajstić information content (AvgIpc) is 3.23. The summed E-state index contributed by atoms with van der Waals surface area (Å²) < 4.78 is 158. The monoisotopic (exact) mass is 904 g/mol. The first-order valence-corrected chi connectivity index (χ1v) is 21.6. The molecule has 0 saturated carbocycles. The minimum Gasteiger partial charge on any atom is -0.493 e. The van der Waals surface area contributed by atoms with E-state index in [4.69, 9.17) is 28.4 Å². The molecule has 2 aliphatic rings. The quantitative estimate of drug-likeness (QED) is 0.0368. The zero-order chi connectivity index (χ0) is 46.0. The lowest BCUT2D eigenvalue weighted by molar-refractivity contribution is -0.271. The second kappa shape index (κ2) is 23.2. The second-order valence-electron chi connectivity index (χ2n) is 16.2. The molecule has 1 N–H and O–H groups in total. The highest BCUT2D eigenvalue weighted by Gasteiger charge is 2.37. The normalized spacial score (nSPS) is 21.9. The van der Waals surface area contributed by atoms with E-state index in [1.165, 1.54) is 18.2 Å². The van der Waals surface area contributed by atoms with Gasteiger partial charge < -0.3 is 38.3 Å². The topological polar surface area (TPSA) is 102 Å². The predicted molar refractivity (Wildman–Crippen MR) is 214 cm³/mol. The number of unbranched alkanes of at least 4 members (excludes halogenated alkanes) is 7. The van der Waals surface area contributed by atoms with E-state index in [0.29, 0.717) is 31.9 Å². The predicted octanol–water partition coefficient (Wildman–Crippen LogP) is 11.5. The third kappa shape index (κ3) is 12.8. The van der Waals surface area contributed by atoms with Crippen molar-refractivity contribution in [3.05, 3.63) is 75.9 Å². The van der Waals surface area contributed by atoms with Gasteiger partial charge in [-0.3, -0.25) is 0 Å². The van der Waals surface area contributed by atoms with Crippen LogP contribution in [0.1, 0.15) is 127 Å². The summed E-state index contributed by atoms with van der Waals surface area (Å²) in [4.78, 5) is 13.1. The summed E-state index contributed by atoms with van der Waals surface area (Å²) in [5.74, 6) is -24.0. The van der Waals surface area contributed by atoms with Gasteiger partial charge in [-0.25, -0.2) is 22.4 Å². The number of halogens is 8. The lowest BCUT2D eigenvalue weighted by Gasteiger charge is -2.40. The molecule has 9 nitrogen and oxygen atoms in total. The Balaban J connectivity index is 1.06. The molecule has 2 saturated heterocycles. The number of aliphatic hydroxyl groups is 1. The van der Waals surface area contributed by atoms with Crippen LogP contribution in [0.15, 0.2) is 18.2 Å². The first-order valence-electron chi connectivity index (χ1n) is 21.6. The van der Waals surface area contributed by atoms with Crippen molar-refractivity contribution in [2.45, 2.75) is 161 Å². The highest BCUT2D eigenvalue weighted by Crippen LogP contribution is 2.42. The number of carbonyl (C=O) groups is 1. The molecule has 3 aromatic carbocycles. The maximum atomic E-state index is 15.1. The Bertz CT molecular complexity index is 1960. The van der Waals surface area contributed by atoms with Gasteiger partial charge >= 0.3 is 5.97 Å². The van der Waals surface area contributed by atoms with Crippen LogP contribution in [0, 0.1) is 53.5 Å². The van der Waals surface area contributed by atoms with Crippen LogP contribution >= 0.6 is 0 Å². The average molecular weight is 905 g/mol. The van der Waals surface area contributed by atoms with Crippen molar-refractivity contribution in [2.75, 3.05) is 13.7 Å². The summed E-state index contributed by atoms with van der Waals surface area (Å²) >= 11 is 0. The minimum atomic E-state index is -2.49. The summed E-state index contributed by atoms with van der Waals surface area (Å²) in [6, 6.07) is 4.11. The van der Waals surface area contributed by atoms with E-state index >= 15 is 17.6 Å². The zero-order valence-electron chi connectivity index (χ0n) is 36.1. The van der Waals surface area contributed by atoms with E-state index in [0.717, 1.165) is 70.6 Å². The Kier molecular flexibility index (Phi) is 18.4. The molecule has 0 bridgehead atoms. The molecular formula is C46H56F8O9. The Morgan fingerprint density at radius 3 is 1.79 bits per heavy atom. The van der Waals surface area contributed by atoms with Gasteiger partial charge in [0.1, 0.15) is 11.3 Å². The molecule has 7 atom stereocenters. The number of ether oxygens (including phenoxy) is 7. The highest BCUT2D eigenvalue weighted by molar-refractivity contribution is 5.94.